The Morgan fingerprint density at radius 3 is 1.67 bits per heavy atom. The molecule has 6 N–H and O–H groups in total. The van der Waals surface area contributed by atoms with Gasteiger partial charge in [-0.25, -0.2) is 4.18 Å². The van der Waals surface area contributed by atoms with E-state index in [4.69, 9.17) is 14.0 Å². The number of carbonyl (C=O) groups is 1. The van der Waals surface area contributed by atoms with Crippen molar-refractivity contribution in [2.75, 3.05) is 13.2 Å². The van der Waals surface area contributed by atoms with Gasteiger partial charge in [0, 0.05) is 6.42 Å². The number of hydrogen-bond donors (Lipinski definition) is 6. The zero-order valence-electron chi connectivity index (χ0n) is 32.4. The Morgan fingerprint density at radius 1 is 0.750 bits per heavy atom. The number of carbonyl (C=O) groups excluding carboxylic acids is 1. The van der Waals surface area contributed by atoms with Crippen LogP contribution in [0.25, 0.3) is 0 Å². The Hall–Kier alpha value is -1.16. The lowest BCUT2D eigenvalue weighted by Crippen LogP contribution is -2.61. The lowest BCUT2D eigenvalue weighted by molar-refractivity contribution is -0.298. The molecular weight excluding hydrogens is 690 g/mol. The van der Waals surface area contributed by atoms with Gasteiger partial charge in [0.15, 0.2) is 6.29 Å². The molecule has 0 aromatic rings. The van der Waals surface area contributed by atoms with E-state index >= 15 is 0 Å². The summed E-state index contributed by atoms with van der Waals surface area (Å²) in [6.07, 6.45) is 22.6. The van der Waals surface area contributed by atoms with E-state index < -0.39 is 59.9 Å². The largest absolute Gasteiger partial charge is 0.397 e. The summed E-state index contributed by atoms with van der Waals surface area (Å²) in [7, 11) is -5.08. The van der Waals surface area contributed by atoms with Crippen molar-refractivity contribution in [1.29, 1.82) is 0 Å². The maximum absolute atomic E-state index is 12.9. The molecule has 0 saturated carbocycles. The molecule has 308 valence electrons. The van der Waals surface area contributed by atoms with Gasteiger partial charge >= 0.3 is 10.4 Å². The molecule has 1 aliphatic heterocycles. The summed E-state index contributed by atoms with van der Waals surface area (Å²) < 4.78 is 47.4. The standard InChI is InChI=1S/C39H75NO11S/c1-3-5-7-9-11-13-15-16-17-19-20-22-24-26-28-33(42)32(40-35(43)29-27-25-23-21-18-14-12-10-8-6-4-2)31-49-39-37(45)38(51-52(46,47)48)36(44)34(30-41)50-39/h26,28,32-34,36-39,41-42,44-45H,3-25,27,29-31H2,1-2H3,(H,40,43)(H,46,47,48)/b28-26+. The highest BCUT2D eigenvalue weighted by atomic mass is 32.3. The lowest BCUT2D eigenvalue weighted by atomic mass is 9.99. The third kappa shape index (κ3) is 24.3. The molecule has 1 heterocycles. The SMILES string of the molecule is CCCCCCCCCCCCCC/C=C/C(O)C(COC1OC(CO)C(O)C(OS(=O)(=O)O)C1O)NC(=O)CCCCCCCCCCCCC. The Balaban J connectivity index is 2.61. The Morgan fingerprint density at radius 2 is 1.21 bits per heavy atom. The first-order chi connectivity index (χ1) is 25.0. The number of amides is 1. The molecule has 0 spiro atoms. The summed E-state index contributed by atoms with van der Waals surface area (Å²) >= 11 is 0. The normalized spacial score (nSPS) is 22.2. The predicted molar refractivity (Wildman–Crippen MR) is 204 cm³/mol. The predicted octanol–water partition coefficient (Wildman–Crippen LogP) is 6.82. The minimum Gasteiger partial charge on any atom is -0.394 e. The monoisotopic (exact) mass is 766 g/mol. The Bertz CT molecular complexity index is 999. The first kappa shape index (κ1) is 48.9. The minimum atomic E-state index is -5.08. The van der Waals surface area contributed by atoms with Gasteiger partial charge in [0.1, 0.15) is 24.4 Å². The molecule has 1 saturated heterocycles. The van der Waals surface area contributed by atoms with Crippen LogP contribution in [0.5, 0.6) is 0 Å². The molecule has 13 heteroatoms. The van der Waals surface area contributed by atoms with E-state index in [-0.39, 0.29) is 18.9 Å². The zero-order chi connectivity index (χ0) is 38.5. The van der Waals surface area contributed by atoms with Crippen LogP contribution in [0.1, 0.15) is 174 Å². The van der Waals surface area contributed by atoms with Gasteiger partial charge in [0.25, 0.3) is 0 Å². The summed E-state index contributed by atoms with van der Waals surface area (Å²) in [5.41, 5.74) is 0. The van der Waals surface area contributed by atoms with Crippen LogP contribution < -0.4 is 5.32 Å². The van der Waals surface area contributed by atoms with Gasteiger partial charge < -0.3 is 35.2 Å². The average Bonchev–Trinajstić information content (AvgIpc) is 3.11. The summed E-state index contributed by atoms with van der Waals surface area (Å²) in [6.45, 7) is 3.35. The second-order valence-electron chi connectivity index (χ2n) is 14.6. The Kier molecular flexibility index (Phi) is 29.2. The van der Waals surface area contributed by atoms with Crippen molar-refractivity contribution in [3.63, 3.8) is 0 Å². The van der Waals surface area contributed by atoms with Crippen molar-refractivity contribution in [3.8, 4) is 0 Å². The summed E-state index contributed by atoms with van der Waals surface area (Å²) in [4.78, 5) is 12.9. The van der Waals surface area contributed by atoms with E-state index in [2.05, 4.69) is 23.3 Å². The smallest absolute Gasteiger partial charge is 0.394 e. The summed E-state index contributed by atoms with van der Waals surface area (Å²) in [6, 6.07) is -0.936. The van der Waals surface area contributed by atoms with Gasteiger partial charge in [0.05, 0.1) is 25.4 Å². The number of allylic oxidation sites excluding steroid dienone is 1. The highest BCUT2D eigenvalue weighted by molar-refractivity contribution is 7.80. The molecule has 1 rings (SSSR count). The highest BCUT2D eigenvalue weighted by Crippen LogP contribution is 2.26. The van der Waals surface area contributed by atoms with E-state index in [1.54, 1.807) is 6.08 Å². The van der Waals surface area contributed by atoms with Crippen LogP contribution in [0.3, 0.4) is 0 Å². The van der Waals surface area contributed by atoms with E-state index in [1.165, 1.54) is 109 Å². The van der Waals surface area contributed by atoms with Gasteiger partial charge in [-0.15, -0.1) is 0 Å². The maximum atomic E-state index is 12.9. The molecule has 12 nitrogen and oxygen atoms in total. The number of hydrogen-bond acceptors (Lipinski definition) is 10. The number of ether oxygens (including phenoxy) is 2. The van der Waals surface area contributed by atoms with Crippen molar-refractivity contribution in [3.05, 3.63) is 12.2 Å². The summed E-state index contributed by atoms with van der Waals surface area (Å²) in [5, 5.41) is 44.5. The molecule has 1 fully saturated rings. The van der Waals surface area contributed by atoms with Crippen LogP contribution >= 0.6 is 0 Å². The molecule has 0 aliphatic carbocycles. The minimum absolute atomic E-state index is 0.265. The van der Waals surface area contributed by atoms with Gasteiger partial charge in [0.2, 0.25) is 5.91 Å². The zero-order valence-corrected chi connectivity index (χ0v) is 33.2. The fraction of sp³-hybridized carbons (Fsp3) is 0.923. The molecule has 1 amide bonds. The highest BCUT2D eigenvalue weighted by Gasteiger charge is 2.48. The van der Waals surface area contributed by atoms with Gasteiger partial charge in [-0.3, -0.25) is 9.35 Å². The number of unbranched alkanes of at least 4 members (excludes halogenated alkanes) is 22. The Labute approximate surface area is 315 Å². The number of aliphatic hydroxyl groups excluding tert-OH is 4. The topological polar surface area (TPSA) is 192 Å². The van der Waals surface area contributed by atoms with Crippen molar-refractivity contribution in [2.24, 2.45) is 0 Å². The molecule has 7 atom stereocenters. The summed E-state index contributed by atoms with van der Waals surface area (Å²) in [5.74, 6) is -0.265. The third-order valence-corrected chi connectivity index (χ3v) is 10.3. The van der Waals surface area contributed by atoms with Crippen LogP contribution in [-0.4, -0.2) is 95.4 Å². The van der Waals surface area contributed by atoms with Crippen molar-refractivity contribution >= 4 is 16.3 Å². The van der Waals surface area contributed by atoms with Crippen LogP contribution in [0.15, 0.2) is 12.2 Å². The second-order valence-corrected chi connectivity index (χ2v) is 15.6. The second kappa shape index (κ2) is 31.1. The van der Waals surface area contributed by atoms with Gasteiger partial charge in [-0.1, -0.05) is 161 Å². The molecule has 52 heavy (non-hydrogen) atoms. The first-order valence-corrected chi connectivity index (χ1v) is 21.9. The van der Waals surface area contributed by atoms with E-state index in [0.717, 1.165) is 38.5 Å². The van der Waals surface area contributed by atoms with E-state index in [0.29, 0.717) is 6.42 Å². The molecule has 7 unspecified atom stereocenters. The molecule has 0 aromatic carbocycles. The average molecular weight is 766 g/mol. The third-order valence-electron chi connectivity index (χ3n) is 9.82. The van der Waals surface area contributed by atoms with Crippen LogP contribution in [0.2, 0.25) is 0 Å². The number of rotatable bonds is 34. The molecule has 0 bridgehead atoms. The fourth-order valence-corrected chi connectivity index (χ4v) is 7.08. The lowest BCUT2D eigenvalue weighted by Gasteiger charge is -2.41. The fourth-order valence-electron chi connectivity index (χ4n) is 6.57. The molecule has 0 radical (unpaired) electrons. The quantitative estimate of drug-likeness (QED) is 0.0229. The van der Waals surface area contributed by atoms with Crippen molar-refractivity contribution in [1.82, 2.24) is 5.32 Å². The molecule has 1 aliphatic rings. The first-order valence-electron chi connectivity index (χ1n) is 20.6. The van der Waals surface area contributed by atoms with E-state index in [9.17, 15) is 33.6 Å². The maximum Gasteiger partial charge on any atom is 0.397 e. The van der Waals surface area contributed by atoms with Gasteiger partial charge in [-0.2, -0.15) is 8.42 Å². The van der Waals surface area contributed by atoms with Crippen LogP contribution in [-0.2, 0) is 28.9 Å². The van der Waals surface area contributed by atoms with E-state index in [1.807, 2.05) is 6.08 Å². The molecular formula is C39H75NO11S. The van der Waals surface area contributed by atoms with Crippen molar-refractivity contribution in [2.45, 2.75) is 217 Å². The van der Waals surface area contributed by atoms with Crippen LogP contribution in [0, 0.1) is 0 Å². The van der Waals surface area contributed by atoms with Crippen molar-refractivity contribution < 1.29 is 51.8 Å². The number of nitrogens with one attached hydrogen (secondary N) is 1. The molecule has 0 aromatic heterocycles. The van der Waals surface area contributed by atoms with Gasteiger partial charge in [-0.05, 0) is 19.3 Å². The number of aliphatic hydroxyl groups is 4. The van der Waals surface area contributed by atoms with Crippen LogP contribution in [0.4, 0.5) is 0 Å².